The summed E-state index contributed by atoms with van der Waals surface area (Å²) in [6.07, 6.45) is -2.02. The first-order valence-electron chi connectivity index (χ1n) is 5.67. The van der Waals surface area contributed by atoms with Crippen LogP contribution in [0.25, 0.3) is 0 Å². The van der Waals surface area contributed by atoms with Crippen LogP contribution in [0.1, 0.15) is 6.23 Å². The van der Waals surface area contributed by atoms with Gasteiger partial charge in [-0.15, -0.1) is 0 Å². The first-order chi connectivity index (χ1) is 9.28. The van der Waals surface area contributed by atoms with E-state index in [1.807, 2.05) is 0 Å². The van der Waals surface area contributed by atoms with E-state index in [0.29, 0.717) is 0 Å². The molecule has 0 saturated carbocycles. The van der Waals surface area contributed by atoms with Gasteiger partial charge in [0, 0.05) is 24.5 Å². The van der Waals surface area contributed by atoms with Gasteiger partial charge in [0.15, 0.2) is 11.7 Å². The van der Waals surface area contributed by atoms with Crippen LogP contribution in [0, 0.1) is 0 Å². The molecular weight excluding hydrogens is 293 g/mol. The zero-order valence-electron chi connectivity index (χ0n) is 10.1. The van der Waals surface area contributed by atoms with Crippen LogP contribution in [0.5, 0.6) is 0 Å². The van der Waals surface area contributed by atoms with Crippen molar-refractivity contribution in [2.45, 2.75) is 24.5 Å². The normalized spacial score (nSPS) is 30.6. The summed E-state index contributed by atoms with van der Waals surface area (Å²) in [6.45, 7) is -0.570. The highest BCUT2D eigenvalue weighted by molar-refractivity contribution is 7.46. The van der Waals surface area contributed by atoms with Crippen molar-refractivity contribution in [2.24, 2.45) is 0 Å². The smallest absolute Gasteiger partial charge is 0.387 e. The van der Waals surface area contributed by atoms with Crippen LogP contribution < -0.4 is 5.43 Å². The minimum absolute atomic E-state index is 0.226. The van der Waals surface area contributed by atoms with Gasteiger partial charge < -0.3 is 29.3 Å². The predicted octanol–water partition coefficient (Wildman–Crippen LogP) is -1.42. The number of ether oxygens (including phenoxy) is 1. The number of rotatable bonds is 4. The van der Waals surface area contributed by atoms with E-state index in [1.165, 1.54) is 29.1 Å². The van der Waals surface area contributed by atoms with Gasteiger partial charge in [0.25, 0.3) is 0 Å². The first kappa shape index (κ1) is 15.3. The minimum Gasteiger partial charge on any atom is -0.387 e. The van der Waals surface area contributed by atoms with Gasteiger partial charge in [-0.05, 0) is 0 Å². The van der Waals surface area contributed by atoms with Crippen LogP contribution in [0.15, 0.2) is 29.3 Å². The fourth-order valence-corrected chi connectivity index (χ4v) is 2.22. The lowest BCUT2D eigenvalue weighted by atomic mass is 10.1. The van der Waals surface area contributed by atoms with Gasteiger partial charge in [-0.3, -0.25) is 9.32 Å². The van der Waals surface area contributed by atoms with Gasteiger partial charge in [-0.2, -0.15) is 0 Å². The Morgan fingerprint density at radius 1 is 1.25 bits per heavy atom. The lowest BCUT2D eigenvalue weighted by molar-refractivity contribution is -0.0522. The van der Waals surface area contributed by atoms with Gasteiger partial charge in [-0.25, -0.2) is 4.57 Å². The summed E-state index contributed by atoms with van der Waals surface area (Å²) in [5.41, 5.74) is -0.226. The van der Waals surface area contributed by atoms with E-state index < -0.39 is 39.0 Å². The molecule has 0 aromatic carbocycles. The van der Waals surface area contributed by atoms with Crippen molar-refractivity contribution in [3.8, 4) is 0 Å². The van der Waals surface area contributed by atoms with Crippen LogP contribution in [0.3, 0.4) is 0 Å². The molecule has 2 rings (SSSR count). The third-order valence-electron chi connectivity index (χ3n) is 2.86. The summed E-state index contributed by atoms with van der Waals surface area (Å²) in [7, 11) is -4.68. The molecule has 1 aliphatic rings. The topological polar surface area (TPSA) is 138 Å². The van der Waals surface area contributed by atoms with Gasteiger partial charge in [0.2, 0.25) is 0 Å². The van der Waals surface area contributed by atoms with Crippen LogP contribution in [-0.4, -0.2) is 49.5 Å². The van der Waals surface area contributed by atoms with E-state index in [-0.39, 0.29) is 5.43 Å². The molecule has 20 heavy (non-hydrogen) atoms. The molecule has 0 radical (unpaired) electrons. The standard InChI is InChI=1S/C10H14NO8P/c12-6-1-3-11(4-2-6)10-9(14)8(13)7(19-10)5-18-20(15,16)17/h1-4,7-10,13-14H,5H2,(H2,15,16,17). The average molecular weight is 307 g/mol. The summed E-state index contributed by atoms with van der Waals surface area (Å²) in [5, 5.41) is 19.6. The second-order valence-corrected chi connectivity index (χ2v) is 5.55. The van der Waals surface area contributed by atoms with E-state index in [0.717, 1.165) is 0 Å². The van der Waals surface area contributed by atoms with Crippen molar-refractivity contribution in [1.82, 2.24) is 4.57 Å². The molecule has 10 heteroatoms. The highest BCUT2D eigenvalue weighted by Gasteiger charge is 2.44. The van der Waals surface area contributed by atoms with Crippen LogP contribution in [-0.2, 0) is 13.8 Å². The zero-order chi connectivity index (χ0) is 14.9. The molecule has 1 saturated heterocycles. The van der Waals surface area contributed by atoms with E-state index in [9.17, 15) is 19.6 Å². The van der Waals surface area contributed by atoms with E-state index in [2.05, 4.69) is 4.52 Å². The quantitative estimate of drug-likeness (QED) is 0.497. The zero-order valence-corrected chi connectivity index (χ0v) is 11.0. The number of aliphatic hydroxyl groups excluding tert-OH is 2. The fraction of sp³-hybridized carbons (Fsp3) is 0.500. The van der Waals surface area contributed by atoms with E-state index >= 15 is 0 Å². The fourth-order valence-electron chi connectivity index (χ4n) is 1.88. The molecule has 4 N–H and O–H groups in total. The molecular formula is C10H14NO8P. The largest absolute Gasteiger partial charge is 0.469 e. The third-order valence-corrected chi connectivity index (χ3v) is 3.35. The van der Waals surface area contributed by atoms with Crippen LogP contribution >= 0.6 is 7.82 Å². The lowest BCUT2D eigenvalue weighted by Gasteiger charge is -2.17. The number of hydrogen-bond donors (Lipinski definition) is 4. The summed E-state index contributed by atoms with van der Waals surface area (Å²) in [4.78, 5) is 28.2. The number of hydrogen-bond acceptors (Lipinski definition) is 6. The molecule has 112 valence electrons. The van der Waals surface area contributed by atoms with Gasteiger partial charge in [0.1, 0.15) is 18.3 Å². The van der Waals surface area contributed by atoms with Crippen molar-refractivity contribution in [3.63, 3.8) is 0 Å². The number of aromatic nitrogens is 1. The van der Waals surface area contributed by atoms with E-state index in [1.54, 1.807) is 0 Å². The summed E-state index contributed by atoms with van der Waals surface area (Å²) < 4.78 is 21.5. The molecule has 9 nitrogen and oxygen atoms in total. The van der Waals surface area contributed by atoms with Crippen LogP contribution in [0.2, 0.25) is 0 Å². The molecule has 1 aromatic heterocycles. The Bertz CT molecular complexity index is 548. The van der Waals surface area contributed by atoms with Crippen molar-refractivity contribution in [1.29, 1.82) is 0 Å². The summed E-state index contributed by atoms with van der Waals surface area (Å²) in [5.74, 6) is 0. The number of phosphoric acid groups is 1. The number of nitrogens with zero attached hydrogens (tertiary/aromatic N) is 1. The Labute approximate surface area is 113 Å². The van der Waals surface area contributed by atoms with Crippen molar-refractivity contribution in [3.05, 3.63) is 34.7 Å². The third kappa shape index (κ3) is 3.53. The molecule has 0 bridgehead atoms. The Balaban J connectivity index is 2.08. The Morgan fingerprint density at radius 3 is 2.40 bits per heavy atom. The van der Waals surface area contributed by atoms with Crippen LogP contribution in [0.4, 0.5) is 0 Å². The van der Waals surface area contributed by atoms with Crippen molar-refractivity contribution >= 4 is 7.82 Å². The maximum Gasteiger partial charge on any atom is 0.469 e. The predicted molar refractivity (Wildman–Crippen MR) is 64.6 cm³/mol. The molecule has 2 heterocycles. The first-order valence-corrected chi connectivity index (χ1v) is 7.20. The van der Waals surface area contributed by atoms with Crippen molar-refractivity contribution in [2.75, 3.05) is 6.61 Å². The van der Waals surface area contributed by atoms with Gasteiger partial charge in [-0.1, -0.05) is 0 Å². The second kappa shape index (κ2) is 5.74. The molecule has 0 spiro atoms. The molecule has 1 aliphatic heterocycles. The Kier molecular flexibility index (Phi) is 4.40. The Morgan fingerprint density at radius 2 is 1.85 bits per heavy atom. The summed E-state index contributed by atoms with van der Waals surface area (Å²) >= 11 is 0. The van der Waals surface area contributed by atoms with Crippen molar-refractivity contribution < 1.29 is 33.8 Å². The molecule has 0 amide bonds. The average Bonchev–Trinajstić information content (AvgIpc) is 2.64. The van der Waals surface area contributed by atoms with Gasteiger partial charge in [0.05, 0.1) is 6.61 Å². The highest BCUT2D eigenvalue weighted by atomic mass is 31.2. The lowest BCUT2D eigenvalue weighted by Crippen LogP contribution is -2.33. The summed E-state index contributed by atoms with van der Waals surface area (Å²) in [6, 6.07) is 2.50. The maximum atomic E-state index is 11.0. The minimum atomic E-state index is -4.68. The molecule has 4 atom stereocenters. The van der Waals surface area contributed by atoms with Gasteiger partial charge >= 0.3 is 7.82 Å². The SMILES string of the molecule is O=c1ccn(C2OC(COP(=O)(O)O)C(O)C2O)cc1. The highest BCUT2D eigenvalue weighted by Crippen LogP contribution is 2.38. The maximum absolute atomic E-state index is 11.0. The molecule has 0 aliphatic carbocycles. The molecule has 4 unspecified atom stereocenters. The van der Waals surface area contributed by atoms with E-state index in [4.69, 9.17) is 14.5 Å². The number of phosphoric ester groups is 1. The number of pyridine rings is 1. The monoisotopic (exact) mass is 307 g/mol. The second-order valence-electron chi connectivity index (χ2n) is 4.31. The molecule has 1 aromatic rings. The Hall–Kier alpha value is -1.06. The molecule has 1 fully saturated rings. The number of aliphatic hydroxyl groups is 2.